The van der Waals surface area contributed by atoms with Crippen LogP contribution in [0.15, 0.2) is 39.5 Å². The average molecular weight is 303 g/mol. The summed E-state index contributed by atoms with van der Waals surface area (Å²) in [6.45, 7) is 2.82. The monoisotopic (exact) mass is 303 g/mol. The van der Waals surface area contributed by atoms with Gasteiger partial charge in [0, 0.05) is 18.4 Å². The highest BCUT2D eigenvalue weighted by molar-refractivity contribution is 8.00. The van der Waals surface area contributed by atoms with Gasteiger partial charge in [0.2, 0.25) is 0 Å². The summed E-state index contributed by atoms with van der Waals surface area (Å²) in [7, 11) is 0. The Bertz CT molecular complexity index is 725. The third-order valence-electron chi connectivity index (χ3n) is 3.63. The molecule has 1 saturated heterocycles. The van der Waals surface area contributed by atoms with Gasteiger partial charge in [-0.05, 0) is 18.6 Å². The molecule has 1 aliphatic rings. The minimum absolute atomic E-state index is 0.141. The summed E-state index contributed by atoms with van der Waals surface area (Å²) < 4.78 is 5.64. The maximum atomic E-state index is 12.6. The lowest BCUT2D eigenvalue weighted by atomic mass is 10.2. The number of carbonyl (C=O) groups is 1. The lowest BCUT2D eigenvalue weighted by Gasteiger charge is -2.22. The Hall–Kier alpha value is -1.75. The Balaban J connectivity index is 1.96. The first-order valence-corrected chi connectivity index (χ1v) is 8.21. The van der Waals surface area contributed by atoms with E-state index in [2.05, 4.69) is 6.92 Å². The number of para-hydroxylation sites is 1. The fourth-order valence-corrected chi connectivity index (χ4v) is 3.95. The molecule has 0 spiro atoms. The molecular weight excluding hydrogens is 286 g/mol. The van der Waals surface area contributed by atoms with E-state index in [1.54, 1.807) is 36.0 Å². The highest BCUT2D eigenvalue weighted by Gasteiger charge is 2.30. The summed E-state index contributed by atoms with van der Waals surface area (Å²) in [4.78, 5) is 26.5. The predicted molar refractivity (Wildman–Crippen MR) is 84.7 cm³/mol. The molecule has 1 aliphatic heterocycles. The van der Waals surface area contributed by atoms with Crippen molar-refractivity contribution in [3.8, 4) is 0 Å². The highest BCUT2D eigenvalue weighted by Crippen LogP contribution is 2.29. The molecule has 0 bridgehead atoms. The third kappa shape index (κ3) is 2.70. The van der Waals surface area contributed by atoms with E-state index in [0.717, 1.165) is 18.6 Å². The van der Waals surface area contributed by atoms with Crippen molar-refractivity contribution in [2.75, 3.05) is 12.3 Å². The number of fused-ring (bicyclic) bond motifs is 1. The summed E-state index contributed by atoms with van der Waals surface area (Å²) in [6.07, 6.45) is 2.00. The molecule has 1 atom stereocenters. The minimum Gasteiger partial charge on any atom is -0.451 e. The van der Waals surface area contributed by atoms with Crippen molar-refractivity contribution >= 4 is 28.6 Å². The number of rotatable bonds is 3. The minimum atomic E-state index is -0.179. The third-order valence-corrected chi connectivity index (χ3v) is 4.93. The maximum absolute atomic E-state index is 12.6. The average Bonchev–Trinajstić information content (AvgIpc) is 2.95. The van der Waals surface area contributed by atoms with Crippen molar-refractivity contribution in [2.45, 2.75) is 25.1 Å². The molecule has 2 heterocycles. The number of carbonyl (C=O) groups excluding carboxylic acids is 1. The Kier molecular flexibility index (Phi) is 4.01. The second-order valence-electron chi connectivity index (χ2n) is 5.08. The van der Waals surface area contributed by atoms with Gasteiger partial charge in [0.15, 0.2) is 11.2 Å². The molecule has 3 rings (SSSR count). The van der Waals surface area contributed by atoms with Crippen LogP contribution in [0.2, 0.25) is 0 Å². The van der Waals surface area contributed by atoms with Crippen molar-refractivity contribution in [3.05, 3.63) is 46.3 Å². The van der Waals surface area contributed by atoms with Gasteiger partial charge in [-0.15, -0.1) is 11.8 Å². The number of hydrogen-bond donors (Lipinski definition) is 0. The van der Waals surface area contributed by atoms with Gasteiger partial charge in [-0.25, -0.2) is 0 Å². The van der Waals surface area contributed by atoms with Crippen molar-refractivity contribution in [3.63, 3.8) is 0 Å². The predicted octanol–water partition coefficient (Wildman–Crippen LogP) is 3.11. The molecule has 1 amide bonds. The fourth-order valence-electron chi connectivity index (χ4n) is 2.59. The normalized spacial score (nSPS) is 18.3. The lowest BCUT2D eigenvalue weighted by Crippen LogP contribution is -2.35. The van der Waals surface area contributed by atoms with Crippen molar-refractivity contribution in [1.29, 1.82) is 0 Å². The van der Waals surface area contributed by atoms with Crippen molar-refractivity contribution in [2.24, 2.45) is 0 Å². The van der Waals surface area contributed by atoms with Crippen LogP contribution in [0.5, 0.6) is 0 Å². The molecule has 5 heteroatoms. The maximum Gasteiger partial charge on any atom is 0.290 e. The number of amides is 1. The zero-order chi connectivity index (χ0) is 14.8. The second-order valence-corrected chi connectivity index (χ2v) is 6.37. The van der Waals surface area contributed by atoms with Crippen LogP contribution < -0.4 is 5.43 Å². The zero-order valence-corrected chi connectivity index (χ0v) is 12.7. The molecule has 21 heavy (non-hydrogen) atoms. The standard InChI is InChI=1S/C16H17NO3S/c1-2-5-15-17(8-9-21-15)16(19)14-10-12(18)11-6-3-4-7-13(11)20-14/h3-4,6-7,10,15H,2,5,8-9H2,1H3/t15-/m0/s1. The van der Waals surface area contributed by atoms with E-state index in [1.165, 1.54) is 6.07 Å². The van der Waals surface area contributed by atoms with Crippen LogP contribution in [-0.2, 0) is 0 Å². The van der Waals surface area contributed by atoms with Crippen LogP contribution in [0.4, 0.5) is 0 Å². The van der Waals surface area contributed by atoms with Crippen LogP contribution in [0.25, 0.3) is 11.0 Å². The van der Waals surface area contributed by atoms with Crippen LogP contribution >= 0.6 is 11.8 Å². The van der Waals surface area contributed by atoms with E-state index < -0.39 is 0 Å². The number of hydrogen-bond acceptors (Lipinski definition) is 4. The van der Waals surface area contributed by atoms with E-state index in [9.17, 15) is 9.59 Å². The zero-order valence-electron chi connectivity index (χ0n) is 11.9. The van der Waals surface area contributed by atoms with Gasteiger partial charge >= 0.3 is 0 Å². The van der Waals surface area contributed by atoms with Gasteiger partial charge in [-0.1, -0.05) is 25.5 Å². The van der Waals surface area contributed by atoms with E-state index in [-0.39, 0.29) is 22.5 Å². The second kappa shape index (κ2) is 5.93. The van der Waals surface area contributed by atoms with E-state index in [1.807, 2.05) is 4.90 Å². The molecule has 4 nitrogen and oxygen atoms in total. The molecule has 0 saturated carbocycles. The molecule has 0 N–H and O–H groups in total. The van der Waals surface area contributed by atoms with E-state index >= 15 is 0 Å². The first-order valence-electron chi connectivity index (χ1n) is 7.16. The van der Waals surface area contributed by atoms with Gasteiger partial charge in [0.25, 0.3) is 5.91 Å². The quantitative estimate of drug-likeness (QED) is 0.874. The van der Waals surface area contributed by atoms with Gasteiger partial charge in [0.05, 0.1) is 10.8 Å². The molecule has 110 valence electrons. The largest absolute Gasteiger partial charge is 0.451 e. The molecule has 2 aromatic rings. The summed E-state index contributed by atoms with van der Waals surface area (Å²) in [5, 5.41) is 0.703. The van der Waals surface area contributed by atoms with Crippen LogP contribution in [-0.4, -0.2) is 28.5 Å². The SMILES string of the molecule is CCC[C@@H]1SCCN1C(=O)c1cc(=O)c2ccccc2o1. The van der Waals surface area contributed by atoms with Crippen molar-refractivity contribution < 1.29 is 9.21 Å². The summed E-state index contributed by atoms with van der Waals surface area (Å²) in [5.74, 6) is 0.900. The molecule has 0 radical (unpaired) electrons. The topological polar surface area (TPSA) is 50.5 Å². The first-order chi connectivity index (χ1) is 10.2. The summed E-state index contributed by atoms with van der Waals surface area (Å²) in [5.41, 5.74) is 0.298. The number of thioether (sulfide) groups is 1. The Labute approximate surface area is 127 Å². The van der Waals surface area contributed by atoms with E-state index in [4.69, 9.17) is 4.42 Å². The smallest absolute Gasteiger partial charge is 0.290 e. The number of nitrogens with zero attached hydrogens (tertiary/aromatic N) is 1. The molecule has 1 aromatic carbocycles. The molecule has 1 aromatic heterocycles. The Morgan fingerprint density at radius 2 is 2.24 bits per heavy atom. The van der Waals surface area contributed by atoms with Crippen LogP contribution in [0.1, 0.15) is 30.3 Å². The lowest BCUT2D eigenvalue weighted by molar-refractivity contribution is 0.0725. The molecule has 1 fully saturated rings. The summed E-state index contributed by atoms with van der Waals surface area (Å²) in [6, 6.07) is 8.33. The Morgan fingerprint density at radius 1 is 1.43 bits per heavy atom. The highest BCUT2D eigenvalue weighted by atomic mass is 32.2. The fraction of sp³-hybridized carbons (Fsp3) is 0.375. The Morgan fingerprint density at radius 3 is 3.05 bits per heavy atom. The van der Waals surface area contributed by atoms with Crippen molar-refractivity contribution in [1.82, 2.24) is 4.90 Å². The first kappa shape index (κ1) is 14.2. The molecular formula is C16H17NO3S. The van der Waals surface area contributed by atoms with Gasteiger partial charge < -0.3 is 9.32 Å². The van der Waals surface area contributed by atoms with Gasteiger partial charge in [-0.3, -0.25) is 9.59 Å². The van der Waals surface area contributed by atoms with Crippen LogP contribution in [0.3, 0.4) is 0 Å². The van der Waals surface area contributed by atoms with Gasteiger partial charge in [0.1, 0.15) is 5.58 Å². The molecule has 0 unspecified atom stereocenters. The molecule has 0 aliphatic carbocycles. The number of benzene rings is 1. The van der Waals surface area contributed by atoms with Gasteiger partial charge in [-0.2, -0.15) is 0 Å². The van der Waals surface area contributed by atoms with Crippen LogP contribution in [0, 0.1) is 0 Å². The summed E-state index contributed by atoms with van der Waals surface area (Å²) >= 11 is 1.79. The van der Waals surface area contributed by atoms with E-state index in [0.29, 0.717) is 17.5 Å².